The van der Waals surface area contributed by atoms with Gasteiger partial charge >= 0.3 is 5.97 Å². The number of hydrogen-bond acceptors (Lipinski definition) is 4. The quantitative estimate of drug-likeness (QED) is 0.400. The first-order valence-corrected chi connectivity index (χ1v) is 7.90. The van der Waals surface area contributed by atoms with Crippen LogP contribution in [0.2, 0.25) is 10.0 Å². The highest BCUT2D eigenvalue weighted by molar-refractivity contribution is 14.1. The van der Waals surface area contributed by atoms with E-state index in [-0.39, 0.29) is 19.1 Å². The molecule has 2 rings (SSSR count). The van der Waals surface area contributed by atoms with E-state index in [2.05, 4.69) is 4.74 Å². The maximum absolute atomic E-state index is 12.6. The molecule has 1 aromatic rings. The van der Waals surface area contributed by atoms with Gasteiger partial charge in [0.25, 0.3) is 5.91 Å². The number of carbonyl (C=O) groups is 2. The van der Waals surface area contributed by atoms with Gasteiger partial charge in [0.1, 0.15) is 0 Å². The van der Waals surface area contributed by atoms with Crippen LogP contribution < -0.4 is 0 Å². The molecule has 1 atom stereocenters. The Morgan fingerprint density at radius 2 is 2.14 bits per heavy atom. The Labute approximate surface area is 145 Å². The first kappa shape index (κ1) is 16.8. The van der Waals surface area contributed by atoms with E-state index >= 15 is 0 Å². The summed E-state index contributed by atoms with van der Waals surface area (Å²) < 4.78 is 10.6. The second-order valence-corrected chi connectivity index (χ2v) is 6.31. The zero-order valence-electron chi connectivity index (χ0n) is 11.1. The Balaban J connectivity index is 2.22. The summed E-state index contributed by atoms with van der Waals surface area (Å²) in [5, 5.41) is 0.811. The van der Waals surface area contributed by atoms with Crippen LogP contribution in [0.5, 0.6) is 0 Å². The minimum atomic E-state index is -0.764. The van der Waals surface area contributed by atoms with Gasteiger partial charge in [0.2, 0.25) is 0 Å². The highest BCUT2D eigenvalue weighted by Gasteiger charge is 2.31. The van der Waals surface area contributed by atoms with Crippen molar-refractivity contribution in [3.05, 3.63) is 31.3 Å². The van der Waals surface area contributed by atoms with Crippen LogP contribution in [0.1, 0.15) is 10.4 Å². The second kappa shape index (κ2) is 7.13. The van der Waals surface area contributed by atoms with Crippen LogP contribution in [0.25, 0.3) is 0 Å². The molecule has 0 radical (unpaired) electrons. The third kappa shape index (κ3) is 3.80. The second-order valence-electron chi connectivity index (χ2n) is 4.38. The largest absolute Gasteiger partial charge is 0.467 e. The molecule has 114 valence electrons. The van der Waals surface area contributed by atoms with Gasteiger partial charge in [-0.1, -0.05) is 23.2 Å². The summed E-state index contributed by atoms with van der Waals surface area (Å²) in [6.45, 7) is 0.814. The molecular weight excluding hydrogens is 432 g/mol. The van der Waals surface area contributed by atoms with E-state index in [1.165, 1.54) is 12.0 Å². The highest BCUT2D eigenvalue weighted by atomic mass is 127. The molecule has 0 bridgehead atoms. The average Bonchev–Trinajstić information content (AvgIpc) is 2.49. The molecule has 1 heterocycles. The molecule has 0 saturated carbocycles. The van der Waals surface area contributed by atoms with Crippen molar-refractivity contribution in [2.24, 2.45) is 0 Å². The van der Waals surface area contributed by atoms with E-state index in [0.29, 0.717) is 25.7 Å². The number of rotatable bonds is 2. The molecule has 0 spiro atoms. The van der Waals surface area contributed by atoms with Crippen molar-refractivity contribution in [2.45, 2.75) is 6.10 Å². The Kier molecular flexibility index (Phi) is 5.70. The van der Waals surface area contributed by atoms with Crippen LogP contribution in [0, 0.1) is 3.57 Å². The van der Waals surface area contributed by atoms with Crippen molar-refractivity contribution in [1.29, 1.82) is 0 Å². The fraction of sp³-hybridized carbons (Fsp3) is 0.385. The molecule has 1 aromatic carbocycles. The van der Waals surface area contributed by atoms with Crippen molar-refractivity contribution >= 4 is 57.7 Å². The zero-order chi connectivity index (χ0) is 15.6. The molecule has 1 aliphatic rings. The van der Waals surface area contributed by atoms with E-state index in [0.717, 1.165) is 0 Å². The van der Waals surface area contributed by atoms with Crippen LogP contribution in [-0.4, -0.2) is 49.7 Å². The molecule has 8 heteroatoms. The monoisotopic (exact) mass is 443 g/mol. The van der Waals surface area contributed by atoms with Gasteiger partial charge in [0.05, 0.1) is 30.8 Å². The molecule has 1 saturated heterocycles. The molecule has 1 aliphatic heterocycles. The lowest BCUT2D eigenvalue weighted by atomic mass is 10.1. The molecule has 0 N–H and O–H groups in total. The molecular formula is C13H12Cl2INO4. The minimum Gasteiger partial charge on any atom is -0.467 e. The van der Waals surface area contributed by atoms with Crippen molar-refractivity contribution in [1.82, 2.24) is 4.90 Å². The van der Waals surface area contributed by atoms with E-state index in [1.54, 1.807) is 12.1 Å². The fourth-order valence-corrected chi connectivity index (χ4v) is 3.03. The number of methoxy groups -OCH3 is 1. The number of morpholine rings is 1. The number of benzene rings is 1. The van der Waals surface area contributed by atoms with Crippen molar-refractivity contribution in [2.75, 3.05) is 26.8 Å². The smallest absolute Gasteiger partial charge is 0.336 e. The van der Waals surface area contributed by atoms with Gasteiger partial charge in [-0.05, 0) is 34.7 Å². The first-order chi connectivity index (χ1) is 9.93. The Hall–Kier alpha value is -0.570. The van der Waals surface area contributed by atoms with Gasteiger partial charge in [0.15, 0.2) is 6.10 Å². The normalized spacial score (nSPS) is 18.5. The molecule has 5 nitrogen and oxygen atoms in total. The SMILES string of the molecule is COC(=O)C1CN(C(=O)c2cc(Cl)cc(Cl)c2I)CCO1. The van der Waals surface area contributed by atoms with Crippen LogP contribution in [0.3, 0.4) is 0 Å². The molecule has 1 amide bonds. The van der Waals surface area contributed by atoms with Crippen LogP contribution >= 0.6 is 45.8 Å². The number of ether oxygens (including phenoxy) is 2. The summed E-state index contributed by atoms with van der Waals surface area (Å²) in [6.07, 6.45) is -0.764. The molecule has 21 heavy (non-hydrogen) atoms. The summed E-state index contributed by atoms with van der Waals surface area (Å²) in [7, 11) is 1.28. The zero-order valence-corrected chi connectivity index (χ0v) is 14.7. The number of esters is 1. The topological polar surface area (TPSA) is 55.8 Å². The van der Waals surface area contributed by atoms with Gasteiger partial charge in [-0.3, -0.25) is 4.79 Å². The van der Waals surface area contributed by atoms with Gasteiger partial charge in [-0.2, -0.15) is 0 Å². The number of hydrogen-bond donors (Lipinski definition) is 0. The lowest BCUT2D eigenvalue weighted by molar-refractivity contribution is -0.158. The maximum Gasteiger partial charge on any atom is 0.336 e. The molecule has 0 aliphatic carbocycles. The molecule has 1 unspecified atom stereocenters. The number of nitrogens with zero attached hydrogens (tertiary/aromatic N) is 1. The van der Waals surface area contributed by atoms with E-state index in [1.807, 2.05) is 22.6 Å². The van der Waals surface area contributed by atoms with Crippen molar-refractivity contribution in [3.8, 4) is 0 Å². The maximum atomic E-state index is 12.6. The first-order valence-electron chi connectivity index (χ1n) is 6.07. The van der Waals surface area contributed by atoms with Crippen LogP contribution in [-0.2, 0) is 14.3 Å². The Morgan fingerprint density at radius 3 is 2.81 bits per heavy atom. The van der Waals surface area contributed by atoms with E-state index in [4.69, 9.17) is 27.9 Å². The van der Waals surface area contributed by atoms with Crippen molar-refractivity contribution < 1.29 is 19.1 Å². The van der Waals surface area contributed by atoms with Gasteiger partial charge in [-0.25, -0.2) is 4.79 Å². The summed E-state index contributed by atoms with van der Waals surface area (Å²) in [6, 6.07) is 3.15. The lowest BCUT2D eigenvalue weighted by Crippen LogP contribution is -2.49. The fourth-order valence-electron chi connectivity index (χ4n) is 1.99. The summed E-state index contributed by atoms with van der Waals surface area (Å²) in [5.74, 6) is -0.729. The minimum absolute atomic E-state index is 0.145. The molecule has 1 fully saturated rings. The van der Waals surface area contributed by atoms with Crippen LogP contribution in [0.15, 0.2) is 12.1 Å². The average molecular weight is 444 g/mol. The summed E-state index contributed by atoms with van der Waals surface area (Å²) in [5.41, 5.74) is 0.415. The Morgan fingerprint density at radius 1 is 1.43 bits per heavy atom. The van der Waals surface area contributed by atoms with E-state index < -0.39 is 12.1 Å². The summed E-state index contributed by atoms with van der Waals surface area (Å²) >= 11 is 14.0. The van der Waals surface area contributed by atoms with Gasteiger partial charge in [-0.15, -0.1) is 0 Å². The number of halogens is 3. The van der Waals surface area contributed by atoms with E-state index in [9.17, 15) is 9.59 Å². The Bertz CT molecular complexity index is 582. The predicted octanol–water partition coefficient (Wildman–Crippen LogP) is 2.61. The lowest BCUT2D eigenvalue weighted by Gasteiger charge is -2.31. The van der Waals surface area contributed by atoms with Gasteiger partial charge < -0.3 is 14.4 Å². The third-order valence-electron chi connectivity index (χ3n) is 3.04. The van der Waals surface area contributed by atoms with Crippen molar-refractivity contribution in [3.63, 3.8) is 0 Å². The third-order valence-corrected chi connectivity index (χ3v) is 5.04. The summed E-state index contributed by atoms with van der Waals surface area (Å²) in [4.78, 5) is 25.6. The van der Waals surface area contributed by atoms with Crippen LogP contribution in [0.4, 0.5) is 0 Å². The predicted molar refractivity (Wildman–Crippen MR) is 86.8 cm³/mol. The highest BCUT2D eigenvalue weighted by Crippen LogP contribution is 2.28. The number of amides is 1. The van der Waals surface area contributed by atoms with Gasteiger partial charge in [0, 0.05) is 15.1 Å². The standard InChI is InChI=1S/C13H12Cl2INO4/c1-20-13(19)10-6-17(2-3-21-10)12(18)8-4-7(14)5-9(15)11(8)16/h4-5,10H,2-3,6H2,1H3. The molecule has 0 aromatic heterocycles. The number of carbonyl (C=O) groups excluding carboxylic acids is 2.